The standard InChI is InChI=1S/C12H13N3O2/c1-9(2)8-14(3)11-5-4-10(7-13)12(6-11)15(16)17/h4-6H,1,8H2,2-3H3. The molecule has 0 aliphatic carbocycles. The molecular formula is C12H13N3O2. The average molecular weight is 231 g/mol. The van der Waals surface area contributed by atoms with E-state index in [1.165, 1.54) is 12.1 Å². The third-order valence-electron chi connectivity index (χ3n) is 2.25. The van der Waals surface area contributed by atoms with E-state index < -0.39 is 4.92 Å². The molecule has 0 aromatic heterocycles. The zero-order valence-corrected chi connectivity index (χ0v) is 9.80. The first kappa shape index (κ1) is 12.7. The highest BCUT2D eigenvalue weighted by Gasteiger charge is 2.15. The molecule has 0 saturated heterocycles. The average Bonchev–Trinajstić information content (AvgIpc) is 2.27. The number of hydrogen-bond acceptors (Lipinski definition) is 4. The molecule has 0 unspecified atom stereocenters. The Balaban J connectivity index is 3.13. The first-order chi connectivity index (χ1) is 7.95. The molecule has 17 heavy (non-hydrogen) atoms. The fraction of sp³-hybridized carbons (Fsp3) is 0.250. The first-order valence-corrected chi connectivity index (χ1v) is 4.99. The second-order valence-electron chi connectivity index (χ2n) is 3.88. The molecule has 0 aliphatic heterocycles. The SMILES string of the molecule is C=C(C)CN(C)c1ccc(C#N)c([N+](=O)[O-])c1. The second-order valence-corrected chi connectivity index (χ2v) is 3.88. The number of hydrogen-bond donors (Lipinski definition) is 0. The van der Waals surface area contributed by atoms with Gasteiger partial charge in [0.1, 0.15) is 11.6 Å². The molecule has 0 amide bonds. The van der Waals surface area contributed by atoms with Crippen LogP contribution in [0, 0.1) is 21.4 Å². The summed E-state index contributed by atoms with van der Waals surface area (Å²) < 4.78 is 0. The van der Waals surface area contributed by atoms with Crippen molar-refractivity contribution in [2.45, 2.75) is 6.92 Å². The molecule has 0 atom stereocenters. The zero-order valence-electron chi connectivity index (χ0n) is 9.80. The number of rotatable bonds is 4. The van der Waals surface area contributed by atoms with E-state index in [-0.39, 0.29) is 11.3 Å². The van der Waals surface area contributed by atoms with Crippen molar-refractivity contribution in [3.63, 3.8) is 0 Å². The van der Waals surface area contributed by atoms with Gasteiger partial charge in [-0.05, 0) is 19.1 Å². The van der Waals surface area contributed by atoms with Crippen LogP contribution in [0.4, 0.5) is 11.4 Å². The Morgan fingerprint density at radius 2 is 2.29 bits per heavy atom. The predicted octanol–water partition coefficient (Wildman–Crippen LogP) is 2.48. The lowest BCUT2D eigenvalue weighted by molar-refractivity contribution is -0.385. The van der Waals surface area contributed by atoms with Crippen molar-refractivity contribution in [1.29, 1.82) is 5.26 Å². The lowest BCUT2D eigenvalue weighted by Gasteiger charge is -2.19. The minimum Gasteiger partial charge on any atom is -0.370 e. The Morgan fingerprint density at radius 1 is 1.65 bits per heavy atom. The molecule has 5 nitrogen and oxygen atoms in total. The van der Waals surface area contributed by atoms with E-state index in [1.54, 1.807) is 12.1 Å². The normalized spacial score (nSPS) is 9.47. The highest BCUT2D eigenvalue weighted by atomic mass is 16.6. The van der Waals surface area contributed by atoms with Gasteiger partial charge in [0.05, 0.1) is 4.92 Å². The minimum atomic E-state index is -0.545. The highest BCUT2D eigenvalue weighted by Crippen LogP contribution is 2.24. The predicted molar refractivity (Wildman–Crippen MR) is 65.9 cm³/mol. The number of nitriles is 1. The summed E-state index contributed by atoms with van der Waals surface area (Å²) in [5.41, 5.74) is 1.55. The van der Waals surface area contributed by atoms with Gasteiger partial charge < -0.3 is 4.90 Å². The van der Waals surface area contributed by atoms with Crippen molar-refractivity contribution >= 4 is 11.4 Å². The van der Waals surface area contributed by atoms with E-state index >= 15 is 0 Å². The summed E-state index contributed by atoms with van der Waals surface area (Å²) in [5, 5.41) is 19.6. The monoisotopic (exact) mass is 231 g/mol. The molecular weight excluding hydrogens is 218 g/mol. The van der Waals surface area contributed by atoms with Gasteiger partial charge in [-0.1, -0.05) is 12.2 Å². The maximum absolute atomic E-state index is 10.8. The highest BCUT2D eigenvalue weighted by molar-refractivity contribution is 5.60. The summed E-state index contributed by atoms with van der Waals surface area (Å²) in [5.74, 6) is 0. The Kier molecular flexibility index (Phi) is 3.83. The number of nitro groups is 1. The van der Waals surface area contributed by atoms with Crippen LogP contribution in [-0.4, -0.2) is 18.5 Å². The molecule has 1 aromatic rings. The Bertz CT molecular complexity index is 503. The number of nitro benzene ring substituents is 1. The van der Waals surface area contributed by atoms with Crippen molar-refractivity contribution in [2.24, 2.45) is 0 Å². The van der Waals surface area contributed by atoms with Crippen LogP contribution in [0.3, 0.4) is 0 Å². The van der Waals surface area contributed by atoms with Gasteiger partial charge in [-0.2, -0.15) is 5.26 Å². The largest absolute Gasteiger partial charge is 0.370 e. The Morgan fingerprint density at radius 3 is 2.76 bits per heavy atom. The van der Waals surface area contributed by atoms with Gasteiger partial charge in [-0.25, -0.2) is 0 Å². The molecule has 0 saturated carbocycles. The summed E-state index contributed by atoms with van der Waals surface area (Å²) in [7, 11) is 1.82. The van der Waals surface area contributed by atoms with Crippen molar-refractivity contribution < 1.29 is 4.92 Å². The number of anilines is 1. The van der Waals surface area contributed by atoms with Gasteiger partial charge in [0.25, 0.3) is 5.69 Å². The maximum Gasteiger partial charge on any atom is 0.289 e. The van der Waals surface area contributed by atoms with Crippen molar-refractivity contribution in [1.82, 2.24) is 0 Å². The molecule has 1 rings (SSSR count). The van der Waals surface area contributed by atoms with Crippen LogP contribution in [0.15, 0.2) is 30.4 Å². The molecule has 0 N–H and O–H groups in total. The molecule has 1 aromatic carbocycles. The minimum absolute atomic E-state index is 0.0717. The van der Waals surface area contributed by atoms with Gasteiger partial charge >= 0.3 is 0 Å². The smallest absolute Gasteiger partial charge is 0.289 e. The molecule has 0 heterocycles. The second kappa shape index (κ2) is 5.12. The van der Waals surface area contributed by atoms with E-state index in [4.69, 9.17) is 5.26 Å². The quantitative estimate of drug-likeness (QED) is 0.453. The lowest BCUT2D eigenvalue weighted by atomic mass is 10.1. The zero-order chi connectivity index (χ0) is 13.0. The molecule has 0 spiro atoms. The van der Waals surface area contributed by atoms with Crippen LogP contribution in [-0.2, 0) is 0 Å². The van der Waals surface area contributed by atoms with Gasteiger partial charge in [0, 0.05) is 25.3 Å². The van der Waals surface area contributed by atoms with Crippen LogP contribution in [0.2, 0.25) is 0 Å². The Hall–Kier alpha value is -2.35. The van der Waals surface area contributed by atoms with E-state index in [0.29, 0.717) is 12.2 Å². The molecule has 0 fully saturated rings. The van der Waals surface area contributed by atoms with E-state index in [2.05, 4.69) is 6.58 Å². The van der Waals surface area contributed by atoms with Gasteiger partial charge in [0.2, 0.25) is 0 Å². The van der Waals surface area contributed by atoms with Crippen molar-refractivity contribution in [3.05, 3.63) is 46.0 Å². The summed E-state index contributed by atoms with van der Waals surface area (Å²) in [6, 6.07) is 6.36. The third kappa shape index (κ3) is 3.05. The molecule has 88 valence electrons. The maximum atomic E-state index is 10.8. The van der Waals surface area contributed by atoms with Gasteiger partial charge in [-0.15, -0.1) is 0 Å². The van der Waals surface area contributed by atoms with Gasteiger partial charge in [0.15, 0.2) is 0 Å². The van der Waals surface area contributed by atoms with Crippen molar-refractivity contribution in [2.75, 3.05) is 18.5 Å². The van der Waals surface area contributed by atoms with E-state index in [9.17, 15) is 10.1 Å². The molecule has 0 bridgehead atoms. The van der Waals surface area contributed by atoms with Crippen LogP contribution in [0.5, 0.6) is 0 Å². The number of likely N-dealkylation sites (N-methyl/N-ethyl adjacent to an activating group) is 1. The Labute approximate surface area is 99.7 Å². The molecule has 0 aliphatic rings. The fourth-order valence-electron chi connectivity index (χ4n) is 1.50. The topological polar surface area (TPSA) is 70.2 Å². The van der Waals surface area contributed by atoms with Crippen LogP contribution >= 0.6 is 0 Å². The summed E-state index contributed by atoms with van der Waals surface area (Å²) in [6.45, 7) is 6.28. The van der Waals surface area contributed by atoms with Crippen molar-refractivity contribution in [3.8, 4) is 6.07 Å². The number of nitrogens with zero attached hydrogens (tertiary/aromatic N) is 3. The van der Waals surface area contributed by atoms with Gasteiger partial charge in [-0.3, -0.25) is 10.1 Å². The first-order valence-electron chi connectivity index (χ1n) is 4.99. The fourth-order valence-corrected chi connectivity index (χ4v) is 1.50. The van der Waals surface area contributed by atoms with E-state index in [0.717, 1.165) is 5.57 Å². The summed E-state index contributed by atoms with van der Waals surface area (Å²) >= 11 is 0. The number of benzene rings is 1. The van der Waals surface area contributed by atoms with Crippen LogP contribution < -0.4 is 4.90 Å². The summed E-state index contributed by atoms with van der Waals surface area (Å²) in [4.78, 5) is 12.1. The third-order valence-corrected chi connectivity index (χ3v) is 2.25. The molecule has 5 heteroatoms. The lowest BCUT2D eigenvalue weighted by Crippen LogP contribution is -2.19. The van der Waals surface area contributed by atoms with Crippen LogP contribution in [0.1, 0.15) is 12.5 Å². The summed E-state index contributed by atoms with van der Waals surface area (Å²) in [6.07, 6.45) is 0. The van der Waals surface area contributed by atoms with Crippen LogP contribution in [0.25, 0.3) is 0 Å². The molecule has 0 radical (unpaired) electrons. The van der Waals surface area contributed by atoms with E-state index in [1.807, 2.05) is 18.9 Å².